The molecule has 2 atom stereocenters. The van der Waals surface area contributed by atoms with Crippen LogP contribution in [0.3, 0.4) is 0 Å². The van der Waals surface area contributed by atoms with Gasteiger partial charge in [0, 0.05) is 18.7 Å². The molecule has 16 heteroatoms. The van der Waals surface area contributed by atoms with Gasteiger partial charge in [0.2, 0.25) is 0 Å². The number of sulfone groups is 1. The van der Waals surface area contributed by atoms with Gasteiger partial charge in [-0.05, 0) is 47.5 Å². The van der Waals surface area contributed by atoms with E-state index in [4.69, 9.17) is 0 Å². The summed E-state index contributed by atoms with van der Waals surface area (Å²) < 4.78 is 91.2. The first kappa shape index (κ1) is 29.0. The molecule has 1 aliphatic heterocycles. The minimum Gasteiger partial charge on any atom is -0.325 e. The van der Waals surface area contributed by atoms with Gasteiger partial charge >= 0.3 is 21.7 Å². The number of benzene rings is 2. The average Bonchev–Trinajstić information content (AvgIpc) is 3.20. The number of amides is 3. The van der Waals surface area contributed by atoms with Crippen molar-refractivity contribution >= 4 is 43.5 Å². The first-order valence-electron chi connectivity index (χ1n) is 11.5. The smallest absolute Gasteiger partial charge is 0.325 e. The Morgan fingerprint density at radius 1 is 1.00 bits per heavy atom. The Kier molecular flexibility index (Phi) is 7.87. The van der Waals surface area contributed by atoms with Crippen molar-refractivity contribution in [2.24, 2.45) is 0 Å². The summed E-state index contributed by atoms with van der Waals surface area (Å²) in [5.74, 6) is -1.47. The fourth-order valence-electron chi connectivity index (χ4n) is 3.92. The van der Waals surface area contributed by atoms with Crippen molar-refractivity contribution in [2.75, 3.05) is 9.62 Å². The Labute approximate surface area is 227 Å². The fourth-order valence-corrected chi connectivity index (χ4v) is 5.49. The number of urea groups is 1. The number of nitrogens with zero attached hydrogens (tertiary/aromatic N) is 2. The van der Waals surface area contributed by atoms with E-state index in [0.717, 1.165) is 17.7 Å². The van der Waals surface area contributed by atoms with Crippen LogP contribution in [-0.4, -0.2) is 45.3 Å². The summed E-state index contributed by atoms with van der Waals surface area (Å²) in [5.41, 5.74) is -4.46. The van der Waals surface area contributed by atoms with E-state index in [1.54, 1.807) is 37.3 Å². The number of hydrogen-bond acceptors (Lipinski definition) is 7. The van der Waals surface area contributed by atoms with Gasteiger partial charge in [0.05, 0.1) is 10.6 Å². The molecular weight excluding hydrogens is 575 g/mol. The second-order valence-electron chi connectivity index (χ2n) is 8.72. The fraction of sp³-hybridized carbons (Fsp3) is 0.208. The molecule has 1 fully saturated rings. The molecule has 0 aliphatic carbocycles. The van der Waals surface area contributed by atoms with Crippen LogP contribution in [0.4, 0.5) is 29.5 Å². The molecule has 0 radical (unpaired) electrons. The van der Waals surface area contributed by atoms with Gasteiger partial charge in [-0.1, -0.05) is 37.3 Å². The van der Waals surface area contributed by atoms with E-state index < -0.39 is 54.3 Å². The minimum absolute atomic E-state index is 0.0355. The molecule has 1 aliphatic rings. The quantitative estimate of drug-likeness (QED) is 0.320. The SMILES string of the molecule is CC(c1ccnc(NS(=O)(=O)NCc2ccccc2)c1)C1NC(=O)N(c2ccc(S(=O)(=O)C(F)(F)F)cc2)C1=O. The molecule has 2 aromatic carbocycles. The maximum atomic E-state index is 13.1. The average molecular weight is 598 g/mol. The highest BCUT2D eigenvalue weighted by molar-refractivity contribution is 7.92. The Morgan fingerprint density at radius 3 is 2.27 bits per heavy atom. The number of aromatic nitrogens is 1. The molecule has 2 heterocycles. The first-order chi connectivity index (χ1) is 18.7. The summed E-state index contributed by atoms with van der Waals surface area (Å²) >= 11 is 0. The van der Waals surface area contributed by atoms with Crippen LogP contribution in [0.5, 0.6) is 0 Å². The van der Waals surface area contributed by atoms with Crippen LogP contribution >= 0.6 is 0 Å². The Hall–Kier alpha value is -4.02. The summed E-state index contributed by atoms with van der Waals surface area (Å²) in [6.45, 7) is 1.64. The van der Waals surface area contributed by atoms with Crippen LogP contribution in [0.25, 0.3) is 0 Å². The van der Waals surface area contributed by atoms with Crippen molar-refractivity contribution in [3.8, 4) is 0 Å². The number of anilines is 2. The number of imide groups is 1. The third-order valence-corrected chi connectivity index (χ3v) is 8.54. The van der Waals surface area contributed by atoms with Crippen molar-refractivity contribution in [2.45, 2.75) is 35.8 Å². The molecule has 2 unspecified atom stereocenters. The first-order valence-corrected chi connectivity index (χ1v) is 14.5. The number of hydrogen-bond donors (Lipinski definition) is 3. The van der Waals surface area contributed by atoms with E-state index >= 15 is 0 Å². The highest BCUT2D eigenvalue weighted by Crippen LogP contribution is 2.33. The van der Waals surface area contributed by atoms with Gasteiger partial charge in [0.25, 0.3) is 15.7 Å². The molecule has 3 amide bonds. The van der Waals surface area contributed by atoms with Crippen LogP contribution in [0, 0.1) is 0 Å². The second-order valence-corrected chi connectivity index (χ2v) is 12.2. The van der Waals surface area contributed by atoms with Crippen molar-refractivity contribution in [3.63, 3.8) is 0 Å². The van der Waals surface area contributed by atoms with Gasteiger partial charge < -0.3 is 5.32 Å². The summed E-state index contributed by atoms with van der Waals surface area (Å²) in [6.07, 6.45) is 1.32. The van der Waals surface area contributed by atoms with E-state index in [1.165, 1.54) is 18.3 Å². The van der Waals surface area contributed by atoms with Gasteiger partial charge in [0.15, 0.2) is 0 Å². The van der Waals surface area contributed by atoms with Gasteiger partial charge in [-0.2, -0.15) is 26.3 Å². The van der Waals surface area contributed by atoms with Crippen LogP contribution in [0.1, 0.15) is 24.0 Å². The van der Waals surface area contributed by atoms with Gasteiger partial charge in [0.1, 0.15) is 11.9 Å². The standard InChI is InChI=1S/C24H22F3N5O6S2/c1-15(17-11-12-28-20(13-17)31-40(37,38)29-14-16-5-3-2-4-6-16)21-22(33)32(23(34)30-21)18-7-9-19(10-8-18)39(35,36)24(25,26)27/h2-13,15,21,29H,14H2,1H3,(H,28,31)(H,30,34). The predicted octanol–water partition coefficient (Wildman–Crippen LogP) is 3.05. The molecule has 1 aromatic heterocycles. The summed E-state index contributed by atoms with van der Waals surface area (Å²) in [5, 5.41) is 2.49. The van der Waals surface area contributed by atoms with E-state index in [9.17, 15) is 39.6 Å². The minimum atomic E-state index is -5.60. The lowest BCUT2D eigenvalue weighted by Crippen LogP contribution is -2.35. The van der Waals surface area contributed by atoms with Crippen molar-refractivity contribution < 1.29 is 39.6 Å². The second kappa shape index (κ2) is 10.9. The zero-order valence-corrected chi connectivity index (χ0v) is 22.2. The van der Waals surface area contributed by atoms with E-state index in [0.29, 0.717) is 22.6 Å². The van der Waals surface area contributed by atoms with Crippen molar-refractivity contribution in [3.05, 3.63) is 84.1 Å². The lowest BCUT2D eigenvalue weighted by molar-refractivity contribution is -0.118. The molecule has 40 heavy (non-hydrogen) atoms. The Morgan fingerprint density at radius 2 is 1.65 bits per heavy atom. The number of nitrogens with one attached hydrogen (secondary N) is 3. The van der Waals surface area contributed by atoms with Crippen LogP contribution in [0.2, 0.25) is 0 Å². The topological polar surface area (TPSA) is 155 Å². The van der Waals surface area contributed by atoms with Crippen LogP contribution in [-0.2, 0) is 31.4 Å². The molecule has 11 nitrogen and oxygen atoms in total. The molecule has 3 aromatic rings. The lowest BCUT2D eigenvalue weighted by Gasteiger charge is -2.19. The number of carbonyl (C=O) groups is 2. The summed E-state index contributed by atoms with van der Waals surface area (Å²) in [7, 11) is -9.61. The number of halogens is 3. The monoisotopic (exact) mass is 597 g/mol. The predicted molar refractivity (Wildman–Crippen MR) is 138 cm³/mol. The molecule has 0 bridgehead atoms. The lowest BCUT2D eigenvalue weighted by atomic mass is 9.94. The zero-order chi connectivity index (χ0) is 29.3. The molecule has 1 saturated heterocycles. The van der Waals surface area contributed by atoms with E-state index in [-0.39, 0.29) is 18.1 Å². The molecule has 3 N–H and O–H groups in total. The van der Waals surface area contributed by atoms with Crippen LogP contribution in [0.15, 0.2) is 77.8 Å². The maximum Gasteiger partial charge on any atom is 0.501 e. The van der Waals surface area contributed by atoms with Gasteiger partial charge in [-0.3, -0.25) is 9.52 Å². The van der Waals surface area contributed by atoms with Crippen LogP contribution < -0.4 is 19.7 Å². The number of rotatable bonds is 9. The molecular formula is C24H22F3N5O6S2. The number of carbonyl (C=O) groups excluding carboxylic acids is 2. The van der Waals surface area contributed by atoms with Gasteiger partial charge in [-0.25, -0.2) is 23.1 Å². The highest BCUT2D eigenvalue weighted by Gasteiger charge is 2.47. The summed E-state index contributed by atoms with van der Waals surface area (Å²) in [6, 6.07) is 12.9. The largest absolute Gasteiger partial charge is 0.501 e. The third-order valence-electron chi connectivity index (χ3n) is 6.04. The number of pyridine rings is 1. The zero-order valence-electron chi connectivity index (χ0n) is 20.6. The van der Waals surface area contributed by atoms with Crippen molar-refractivity contribution in [1.29, 1.82) is 0 Å². The normalized spacial score (nSPS) is 17.0. The molecule has 4 rings (SSSR count). The summed E-state index contributed by atoms with van der Waals surface area (Å²) in [4.78, 5) is 29.3. The van der Waals surface area contributed by atoms with E-state index in [2.05, 4.69) is 19.7 Å². The van der Waals surface area contributed by atoms with Crippen molar-refractivity contribution in [1.82, 2.24) is 15.0 Å². The number of alkyl halides is 3. The molecule has 0 spiro atoms. The van der Waals surface area contributed by atoms with Gasteiger partial charge in [-0.15, -0.1) is 0 Å². The third kappa shape index (κ3) is 6.08. The Balaban J connectivity index is 1.47. The molecule has 0 saturated carbocycles. The highest BCUT2D eigenvalue weighted by atomic mass is 32.2. The maximum absolute atomic E-state index is 13.1. The molecule has 212 valence electrons. The van der Waals surface area contributed by atoms with E-state index in [1.807, 2.05) is 0 Å². The Bertz CT molecular complexity index is 1630.